The SMILES string of the molecule is CNCc1cc(-c2cccnc2F)n(S(=O)(=O)c2ccc3c(c2)OC(F)(F)O3)c1. The maximum Gasteiger partial charge on any atom is 0.586 e. The summed E-state index contributed by atoms with van der Waals surface area (Å²) >= 11 is 0. The van der Waals surface area contributed by atoms with Crippen molar-refractivity contribution >= 4 is 10.0 Å². The molecule has 11 heteroatoms. The van der Waals surface area contributed by atoms with Crippen molar-refractivity contribution in [3.05, 3.63) is 60.3 Å². The molecule has 0 fully saturated rings. The summed E-state index contributed by atoms with van der Waals surface area (Å²) in [6.45, 7) is 0.324. The van der Waals surface area contributed by atoms with Gasteiger partial charge in [-0.1, -0.05) is 0 Å². The molecule has 3 heterocycles. The minimum atomic E-state index is -4.28. The molecule has 7 nitrogen and oxygen atoms in total. The van der Waals surface area contributed by atoms with Crippen LogP contribution in [0.4, 0.5) is 13.2 Å². The zero-order valence-electron chi connectivity index (χ0n) is 14.9. The number of aromatic nitrogens is 2. The summed E-state index contributed by atoms with van der Waals surface area (Å²) in [7, 11) is -2.60. The Kier molecular flexibility index (Phi) is 4.50. The first-order chi connectivity index (χ1) is 13.7. The molecule has 0 saturated carbocycles. The topological polar surface area (TPSA) is 82.5 Å². The highest BCUT2D eigenvalue weighted by atomic mass is 32.2. The molecule has 29 heavy (non-hydrogen) atoms. The van der Waals surface area contributed by atoms with E-state index in [-0.39, 0.29) is 21.9 Å². The number of rotatable bonds is 5. The lowest BCUT2D eigenvalue weighted by Crippen LogP contribution is -2.25. The van der Waals surface area contributed by atoms with Crippen LogP contribution in [0.1, 0.15) is 5.56 Å². The summed E-state index contributed by atoms with van der Waals surface area (Å²) in [5, 5.41) is 2.89. The van der Waals surface area contributed by atoms with E-state index in [0.717, 1.165) is 22.2 Å². The van der Waals surface area contributed by atoms with Crippen LogP contribution < -0.4 is 14.8 Å². The minimum Gasteiger partial charge on any atom is -0.395 e. The van der Waals surface area contributed by atoms with Gasteiger partial charge in [0.25, 0.3) is 10.0 Å². The predicted molar refractivity (Wildman–Crippen MR) is 95.6 cm³/mol. The van der Waals surface area contributed by atoms with Crippen molar-refractivity contribution in [2.45, 2.75) is 17.7 Å². The second-order valence-electron chi connectivity index (χ2n) is 6.18. The Bertz CT molecular complexity index is 1190. The summed E-state index contributed by atoms with van der Waals surface area (Å²) in [5.74, 6) is -1.54. The maximum atomic E-state index is 14.3. The van der Waals surface area contributed by atoms with Gasteiger partial charge in [0.15, 0.2) is 11.5 Å². The highest BCUT2D eigenvalue weighted by Crippen LogP contribution is 2.42. The van der Waals surface area contributed by atoms with Gasteiger partial charge in [0.2, 0.25) is 5.95 Å². The number of fused-ring (bicyclic) bond motifs is 1. The zero-order chi connectivity index (χ0) is 20.8. The van der Waals surface area contributed by atoms with Crippen LogP contribution in [0.25, 0.3) is 11.3 Å². The molecule has 0 aliphatic carbocycles. The molecule has 0 atom stereocenters. The highest BCUT2D eigenvalue weighted by Gasteiger charge is 2.44. The molecule has 1 aliphatic heterocycles. The van der Waals surface area contributed by atoms with E-state index in [1.165, 1.54) is 30.6 Å². The first kappa shape index (κ1) is 19.3. The van der Waals surface area contributed by atoms with Crippen LogP contribution >= 0.6 is 0 Å². The molecule has 0 amide bonds. The van der Waals surface area contributed by atoms with Gasteiger partial charge in [-0.15, -0.1) is 8.78 Å². The Morgan fingerprint density at radius 3 is 2.66 bits per heavy atom. The Balaban J connectivity index is 1.85. The van der Waals surface area contributed by atoms with Crippen molar-refractivity contribution in [1.82, 2.24) is 14.3 Å². The molecule has 0 saturated heterocycles. The molecule has 152 valence electrons. The third-order valence-corrected chi connectivity index (χ3v) is 5.86. The van der Waals surface area contributed by atoms with Gasteiger partial charge in [0.1, 0.15) is 0 Å². The summed E-state index contributed by atoms with van der Waals surface area (Å²) in [4.78, 5) is 3.24. The number of nitrogens with one attached hydrogen (secondary N) is 1. The summed E-state index contributed by atoms with van der Waals surface area (Å²) in [6, 6.07) is 7.50. The number of halogens is 3. The van der Waals surface area contributed by atoms with Gasteiger partial charge in [0.05, 0.1) is 16.2 Å². The molecule has 1 aromatic carbocycles. The second kappa shape index (κ2) is 6.78. The van der Waals surface area contributed by atoms with Crippen LogP contribution in [0.5, 0.6) is 11.5 Å². The molecule has 0 bridgehead atoms. The average molecular weight is 425 g/mol. The standard InChI is InChI=1S/C18H14F3N3O4S/c1-22-9-11-7-14(13-3-2-6-23-17(13)19)24(10-11)29(25,26)12-4-5-15-16(8-12)28-18(20,21)27-15/h2-8,10,22H,9H2,1H3. The van der Waals surface area contributed by atoms with Crippen molar-refractivity contribution in [2.24, 2.45) is 0 Å². The van der Waals surface area contributed by atoms with Crippen molar-refractivity contribution in [3.63, 3.8) is 0 Å². The quantitative estimate of drug-likeness (QED) is 0.633. The summed E-state index contributed by atoms with van der Waals surface area (Å²) in [5.41, 5.74) is 0.594. The van der Waals surface area contributed by atoms with E-state index in [1.54, 1.807) is 7.05 Å². The normalized spacial score (nSPS) is 14.9. The van der Waals surface area contributed by atoms with E-state index in [1.807, 2.05) is 0 Å². The molecule has 0 spiro atoms. The van der Waals surface area contributed by atoms with Crippen molar-refractivity contribution in [1.29, 1.82) is 0 Å². The molecule has 1 aliphatic rings. The Hall–Kier alpha value is -3.05. The number of benzene rings is 1. The third-order valence-electron chi connectivity index (χ3n) is 4.19. The van der Waals surface area contributed by atoms with Crippen molar-refractivity contribution in [2.75, 3.05) is 7.05 Å². The number of hydrogen-bond donors (Lipinski definition) is 1. The van der Waals surface area contributed by atoms with E-state index in [2.05, 4.69) is 19.8 Å². The minimum absolute atomic E-state index is 0.0225. The van der Waals surface area contributed by atoms with Gasteiger partial charge in [-0.3, -0.25) is 0 Å². The number of nitrogens with zero attached hydrogens (tertiary/aromatic N) is 2. The van der Waals surface area contributed by atoms with Crippen LogP contribution in [0.2, 0.25) is 0 Å². The number of ether oxygens (including phenoxy) is 2. The van der Waals surface area contributed by atoms with Crippen LogP contribution in [0.15, 0.2) is 53.7 Å². The van der Waals surface area contributed by atoms with E-state index in [9.17, 15) is 21.6 Å². The Morgan fingerprint density at radius 1 is 1.17 bits per heavy atom. The van der Waals surface area contributed by atoms with Gasteiger partial charge >= 0.3 is 6.29 Å². The number of pyridine rings is 1. The van der Waals surface area contributed by atoms with Crippen LogP contribution in [-0.4, -0.2) is 30.7 Å². The smallest absolute Gasteiger partial charge is 0.395 e. The van der Waals surface area contributed by atoms with Gasteiger partial charge in [0, 0.05) is 25.0 Å². The lowest BCUT2D eigenvalue weighted by molar-refractivity contribution is -0.286. The summed E-state index contributed by atoms with van der Waals surface area (Å²) in [6.07, 6.45) is -1.30. The van der Waals surface area contributed by atoms with E-state index < -0.39 is 28.0 Å². The Morgan fingerprint density at radius 2 is 1.93 bits per heavy atom. The van der Waals surface area contributed by atoms with Crippen molar-refractivity contribution in [3.8, 4) is 22.8 Å². The number of alkyl halides is 2. The van der Waals surface area contributed by atoms with E-state index >= 15 is 0 Å². The largest absolute Gasteiger partial charge is 0.586 e. The monoisotopic (exact) mass is 425 g/mol. The van der Waals surface area contributed by atoms with E-state index in [0.29, 0.717) is 12.1 Å². The summed E-state index contributed by atoms with van der Waals surface area (Å²) < 4.78 is 76.7. The molecule has 3 aromatic rings. The molecule has 0 unspecified atom stereocenters. The molecule has 2 aromatic heterocycles. The molecule has 0 radical (unpaired) electrons. The van der Waals surface area contributed by atoms with E-state index in [4.69, 9.17) is 0 Å². The molecular weight excluding hydrogens is 411 g/mol. The third kappa shape index (κ3) is 3.42. The maximum absolute atomic E-state index is 14.3. The highest BCUT2D eigenvalue weighted by molar-refractivity contribution is 7.90. The lowest BCUT2D eigenvalue weighted by atomic mass is 10.2. The fourth-order valence-electron chi connectivity index (χ4n) is 2.97. The first-order valence-electron chi connectivity index (χ1n) is 8.33. The lowest BCUT2D eigenvalue weighted by Gasteiger charge is -2.11. The predicted octanol–water partition coefficient (Wildman–Crippen LogP) is 2.97. The fraction of sp³-hybridized carbons (Fsp3) is 0.167. The molecular formula is C18H14F3N3O4S. The number of hydrogen-bond acceptors (Lipinski definition) is 6. The van der Waals surface area contributed by atoms with Crippen LogP contribution in [-0.2, 0) is 16.6 Å². The van der Waals surface area contributed by atoms with Crippen molar-refractivity contribution < 1.29 is 31.1 Å². The fourth-order valence-corrected chi connectivity index (χ4v) is 4.38. The van der Waals surface area contributed by atoms with Gasteiger partial charge in [-0.2, -0.15) is 4.39 Å². The van der Waals surface area contributed by atoms with Gasteiger partial charge < -0.3 is 14.8 Å². The molecule has 1 N–H and O–H groups in total. The van der Waals surface area contributed by atoms with Gasteiger partial charge in [-0.25, -0.2) is 17.4 Å². The molecule has 4 rings (SSSR count). The Labute approximate surface area is 163 Å². The van der Waals surface area contributed by atoms with Crippen LogP contribution in [0.3, 0.4) is 0 Å². The van der Waals surface area contributed by atoms with Crippen LogP contribution in [0, 0.1) is 5.95 Å². The van der Waals surface area contributed by atoms with Gasteiger partial charge in [-0.05, 0) is 42.9 Å². The first-order valence-corrected chi connectivity index (χ1v) is 9.77. The average Bonchev–Trinajstić information content (AvgIpc) is 3.21. The zero-order valence-corrected chi connectivity index (χ0v) is 15.7. The second-order valence-corrected chi connectivity index (χ2v) is 8.00.